The van der Waals surface area contributed by atoms with Crippen molar-refractivity contribution in [2.45, 2.75) is 19.8 Å². The Kier molecular flexibility index (Phi) is 3.77. The number of phenols is 2. The summed E-state index contributed by atoms with van der Waals surface area (Å²) in [7, 11) is 0. The maximum absolute atomic E-state index is 10.8. The fourth-order valence-electron chi connectivity index (χ4n) is 4.59. The Morgan fingerprint density at radius 1 is 0.793 bits per heavy atom. The second-order valence-electron chi connectivity index (χ2n) is 8.40. The molecule has 4 aromatic rings. The molecule has 1 aliphatic heterocycles. The summed E-state index contributed by atoms with van der Waals surface area (Å²) in [5, 5.41) is 35.6. The topological polar surface area (TPSA) is 69.9 Å². The molecule has 0 atom stereocenters. The van der Waals surface area contributed by atoms with Gasteiger partial charge in [0.1, 0.15) is 0 Å². The van der Waals surface area contributed by atoms with E-state index in [9.17, 15) is 15.3 Å². The Morgan fingerprint density at radius 2 is 1.24 bits per heavy atom. The number of hydrogen-bond acceptors (Lipinski definition) is 4. The molecule has 0 saturated heterocycles. The smallest absolute Gasteiger partial charge is 0.173 e. The largest absolute Gasteiger partial charge is 0.504 e. The standard InChI is InChI=1S/C25H22O4/c1-25(2,13-26)22-20-16-9-5-3-7-14(16)11-18(27)23(20)29-24-19(28)12-15-8-4-6-10-17(15)21(22)24/h3-12,22,26-28H,13H2,1-2H3. The van der Waals surface area contributed by atoms with Gasteiger partial charge in [-0.25, -0.2) is 0 Å². The first-order chi connectivity index (χ1) is 13.9. The molecular formula is C25H22O4. The number of fused-ring (bicyclic) bond motifs is 6. The molecular weight excluding hydrogens is 364 g/mol. The van der Waals surface area contributed by atoms with Crippen molar-refractivity contribution < 1.29 is 20.1 Å². The molecule has 4 heteroatoms. The number of aliphatic hydroxyl groups excluding tert-OH is 1. The van der Waals surface area contributed by atoms with Crippen molar-refractivity contribution in [1.82, 2.24) is 0 Å². The number of aliphatic hydroxyl groups is 1. The van der Waals surface area contributed by atoms with Gasteiger partial charge in [-0.2, -0.15) is 0 Å². The van der Waals surface area contributed by atoms with Gasteiger partial charge in [-0.15, -0.1) is 0 Å². The summed E-state index contributed by atoms with van der Waals surface area (Å²) in [4.78, 5) is 0. The minimum Gasteiger partial charge on any atom is -0.504 e. The molecule has 1 heterocycles. The molecule has 0 aromatic heterocycles. The number of hydrogen-bond donors (Lipinski definition) is 3. The minimum atomic E-state index is -0.569. The highest BCUT2D eigenvalue weighted by atomic mass is 16.5. The van der Waals surface area contributed by atoms with Crippen LogP contribution in [0.25, 0.3) is 21.5 Å². The zero-order valence-corrected chi connectivity index (χ0v) is 16.3. The van der Waals surface area contributed by atoms with Gasteiger partial charge in [-0.05, 0) is 39.1 Å². The van der Waals surface area contributed by atoms with Crippen molar-refractivity contribution in [2.75, 3.05) is 6.61 Å². The molecule has 29 heavy (non-hydrogen) atoms. The van der Waals surface area contributed by atoms with E-state index in [0.717, 1.165) is 32.7 Å². The van der Waals surface area contributed by atoms with E-state index in [-0.39, 0.29) is 24.0 Å². The Labute approximate surface area is 168 Å². The van der Waals surface area contributed by atoms with Gasteiger partial charge in [0.2, 0.25) is 0 Å². The van der Waals surface area contributed by atoms with Gasteiger partial charge in [-0.3, -0.25) is 0 Å². The SMILES string of the molecule is CC(C)(CO)C1c2c(c(O)cc3ccccc23)Oc2c(O)cc3ccccc3c21. The summed E-state index contributed by atoms with van der Waals surface area (Å²) in [5.74, 6) is 0.438. The fraction of sp³-hybridized carbons (Fsp3) is 0.200. The predicted molar refractivity (Wildman–Crippen MR) is 114 cm³/mol. The third-order valence-electron chi connectivity index (χ3n) is 6.01. The monoisotopic (exact) mass is 386 g/mol. The summed E-state index contributed by atoms with van der Waals surface area (Å²) in [6.45, 7) is 3.92. The summed E-state index contributed by atoms with van der Waals surface area (Å²) in [5.41, 5.74) is 1.10. The number of rotatable bonds is 2. The molecule has 3 N–H and O–H groups in total. The third-order valence-corrected chi connectivity index (χ3v) is 6.01. The van der Waals surface area contributed by atoms with Gasteiger partial charge < -0.3 is 20.1 Å². The molecule has 146 valence electrons. The molecule has 0 spiro atoms. The Morgan fingerprint density at radius 3 is 1.69 bits per heavy atom. The van der Waals surface area contributed by atoms with E-state index < -0.39 is 5.41 Å². The van der Waals surface area contributed by atoms with Crippen LogP contribution in [0.5, 0.6) is 23.0 Å². The average molecular weight is 386 g/mol. The maximum atomic E-state index is 10.8. The summed E-state index contributed by atoms with van der Waals surface area (Å²) < 4.78 is 6.14. The molecule has 1 aliphatic rings. The van der Waals surface area contributed by atoms with E-state index in [1.165, 1.54) is 0 Å². The zero-order valence-electron chi connectivity index (χ0n) is 16.3. The van der Waals surface area contributed by atoms with E-state index in [1.807, 2.05) is 62.4 Å². The van der Waals surface area contributed by atoms with E-state index in [0.29, 0.717) is 11.5 Å². The van der Waals surface area contributed by atoms with E-state index in [2.05, 4.69) is 0 Å². The van der Waals surface area contributed by atoms with Gasteiger partial charge in [0.15, 0.2) is 23.0 Å². The summed E-state index contributed by atoms with van der Waals surface area (Å²) in [6, 6.07) is 19.1. The van der Waals surface area contributed by atoms with Crippen LogP contribution in [0.1, 0.15) is 30.9 Å². The van der Waals surface area contributed by atoms with Crippen LogP contribution in [0.2, 0.25) is 0 Å². The third kappa shape index (κ3) is 2.49. The van der Waals surface area contributed by atoms with Crippen LogP contribution in [0.15, 0.2) is 60.7 Å². The van der Waals surface area contributed by atoms with Crippen LogP contribution in [-0.2, 0) is 0 Å². The number of phenolic OH excluding ortho intramolecular Hbond substituents is 2. The highest BCUT2D eigenvalue weighted by molar-refractivity contribution is 5.96. The lowest BCUT2D eigenvalue weighted by Crippen LogP contribution is -2.30. The van der Waals surface area contributed by atoms with Crippen molar-refractivity contribution in [2.24, 2.45) is 5.41 Å². The molecule has 0 saturated carbocycles. The molecule has 0 fully saturated rings. The first-order valence-corrected chi connectivity index (χ1v) is 9.70. The van der Waals surface area contributed by atoms with Crippen molar-refractivity contribution >= 4 is 21.5 Å². The van der Waals surface area contributed by atoms with Crippen LogP contribution < -0.4 is 4.74 Å². The lowest BCUT2D eigenvalue weighted by molar-refractivity contribution is 0.139. The average Bonchev–Trinajstić information content (AvgIpc) is 2.72. The van der Waals surface area contributed by atoms with Crippen molar-refractivity contribution in [3.05, 3.63) is 71.8 Å². The Hall–Kier alpha value is -3.24. The van der Waals surface area contributed by atoms with E-state index in [1.54, 1.807) is 12.1 Å². The van der Waals surface area contributed by atoms with Gasteiger partial charge in [0.05, 0.1) is 0 Å². The number of aromatic hydroxyl groups is 2. The molecule has 0 unspecified atom stereocenters. The maximum Gasteiger partial charge on any atom is 0.173 e. The zero-order chi connectivity index (χ0) is 20.3. The first-order valence-electron chi connectivity index (χ1n) is 9.70. The van der Waals surface area contributed by atoms with Gasteiger partial charge in [-0.1, -0.05) is 62.4 Å². The van der Waals surface area contributed by atoms with E-state index in [4.69, 9.17) is 4.74 Å². The fourth-order valence-corrected chi connectivity index (χ4v) is 4.59. The minimum absolute atomic E-state index is 0.0237. The van der Waals surface area contributed by atoms with Gasteiger partial charge in [0, 0.05) is 23.7 Å². The second-order valence-corrected chi connectivity index (χ2v) is 8.40. The van der Waals surface area contributed by atoms with Crippen molar-refractivity contribution in [3.8, 4) is 23.0 Å². The van der Waals surface area contributed by atoms with E-state index >= 15 is 0 Å². The summed E-state index contributed by atoms with van der Waals surface area (Å²) >= 11 is 0. The van der Waals surface area contributed by atoms with Crippen LogP contribution in [0, 0.1) is 5.41 Å². The number of ether oxygens (including phenoxy) is 1. The normalized spacial score (nSPS) is 13.9. The lowest BCUT2D eigenvalue weighted by Gasteiger charge is -2.39. The molecule has 0 aliphatic carbocycles. The first kappa shape index (κ1) is 17.8. The molecule has 0 bridgehead atoms. The quantitative estimate of drug-likeness (QED) is 0.416. The second kappa shape index (κ2) is 6.13. The Bertz CT molecular complexity index is 1180. The Balaban J connectivity index is 1.97. The molecule has 4 aromatic carbocycles. The molecule has 0 amide bonds. The highest BCUT2D eigenvalue weighted by Gasteiger charge is 2.42. The lowest BCUT2D eigenvalue weighted by atomic mass is 9.68. The predicted octanol–water partition coefficient (Wildman–Crippen LogP) is 5.66. The van der Waals surface area contributed by atoms with Crippen molar-refractivity contribution in [1.29, 1.82) is 0 Å². The van der Waals surface area contributed by atoms with Crippen LogP contribution in [0.4, 0.5) is 0 Å². The molecule has 5 rings (SSSR count). The number of benzene rings is 4. The van der Waals surface area contributed by atoms with Gasteiger partial charge in [0.25, 0.3) is 0 Å². The van der Waals surface area contributed by atoms with Crippen LogP contribution in [0.3, 0.4) is 0 Å². The molecule has 4 nitrogen and oxygen atoms in total. The van der Waals surface area contributed by atoms with Gasteiger partial charge >= 0.3 is 0 Å². The van der Waals surface area contributed by atoms with Crippen LogP contribution in [-0.4, -0.2) is 21.9 Å². The van der Waals surface area contributed by atoms with Crippen molar-refractivity contribution in [3.63, 3.8) is 0 Å². The highest BCUT2D eigenvalue weighted by Crippen LogP contribution is 2.59. The summed E-state index contributed by atoms with van der Waals surface area (Å²) in [6.07, 6.45) is 0. The molecule has 0 radical (unpaired) electrons. The van der Waals surface area contributed by atoms with Crippen LogP contribution >= 0.6 is 0 Å².